The Morgan fingerprint density at radius 2 is 1.32 bits per heavy atom. The molecule has 7 rings (SSSR count). The maximum Gasteiger partial charge on any atom is 0.338 e. The first-order valence-electron chi connectivity index (χ1n) is 17.9. The van der Waals surface area contributed by atoms with E-state index in [0.717, 1.165) is 6.92 Å². The number of fused-ring (bicyclic) bond motifs is 2. The molecule has 5 aliphatic rings. The number of ketones is 1. The number of Topliss-reactive ketones (excluding diaryl/α,β-unsaturated/α-hetero) is 1. The molecule has 1 saturated heterocycles. The number of carbonyl (C=O) groups excluding carboxylic acids is 6. The Hall–Kier alpha value is -4.62. The van der Waals surface area contributed by atoms with Crippen LogP contribution in [0, 0.1) is 35.0 Å². The fourth-order valence-electron chi connectivity index (χ4n) is 10.9. The van der Waals surface area contributed by atoms with Crippen molar-refractivity contribution in [2.45, 2.75) is 95.6 Å². The molecule has 4 saturated carbocycles. The van der Waals surface area contributed by atoms with Gasteiger partial charge in [0.15, 0.2) is 18.0 Å². The van der Waals surface area contributed by atoms with Crippen LogP contribution in [0.4, 0.5) is 0 Å². The van der Waals surface area contributed by atoms with Crippen molar-refractivity contribution in [1.82, 2.24) is 0 Å². The van der Waals surface area contributed by atoms with E-state index in [-0.39, 0.29) is 24.0 Å². The van der Waals surface area contributed by atoms with Crippen molar-refractivity contribution in [2.24, 2.45) is 35.0 Å². The Morgan fingerprint density at radius 3 is 1.87 bits per heavy atom. The quantitative estimate of drug-likeness (QED) is 0.323. The highest BCUT2D eigenvalue weighted by atomic mass is 16.6. The lowest BCUT2D eigenvalue weighted by Gasteiger charge is -2.64. The van der Waals surface area contributed by atoms with E-state index in [1.165, 1.54) is 13.8 Å². The van der Waals surface area contributed by atoms with Crippen LogP contribution in [0.3, 0.4) is 0 Å². The molecule has 4 aliphatic carbocycles. The van der Waals surface area contributed by atoms with Crippen LogP contribution in [0.15, 0.2) is 60.7 Å². The van der Waals surface area contributed by atoms with Gasteiger partial charge in [0.1, 0.15) is 29.0 Å². The van der Waals surface area contributed by atoms with Gasteiger partial charge in [0.25, 0.3) is 0 Å². The SMILES string of the molecule is CC(=O)O[C@@H]1[C@@H]2[C@@H](OC(C)=O)[C@@]34CO[C@@](C)([C@H](OC(=O)c5ccccc5)[C@@]2(O)C[C@@H]1C)[C@@H]3[C@@H]1[C@@H](C[C@]1(C)OC(C)=O)[C@@H](OC(=O)c1ccccc1)C4=O. The van der Waals surface area contributed by atoms with Gasteiger partial charge in [-0.2, -0.15) is 0 Å². The van der Waals surface area contributed by atoms with Gasteiger partial charge in [-0.1, -0.05) is 43.3 Å². The number of benzene rings is 2. The number of esters is 5. The third-order valence-electron chi connectivity index (χ3n) is 12.5. The summed E-state index contributed by atoms with van der Waals surface area (Å²) in [5.41, 5.74) is -6.53. The molecule has 53 heavy (non-hydrogen) atoms. The van der Waals surface area contributed by atoms with Gasteiger partial charge in [0.05, 0.1) is 29.1 Å². The average molecular weight is 733 g/mol. The van der Waals surface area contributed by atoms with Gasteiger partial charge in [0, 0.05) is 38.5 Å². The van der Waals surface area contributed by atoms with E-state index in [0.29, 0.717) is 0 Å². The molecule has 5 fully saturated rings. The smallest absolute Gasteiger partial charge is 0.338 e. The summed E-state index contributed by atoms with van der Waals surface area (Å²) in [4.78, 5) is 81.6. The molecule has 0 aromatic heterocycles. The number of carbonyl (C=O) groups is 6. The molecule has 2 aromatic carbocycles. The van der Waals surface area contributed by atoms with Crippen LogP contribution < -0.4 is 0 Å². The van der Waals surface area contributed by atoms with Crippen LogP contribution in [-0.4, -0.2) is 88.6 Å². The number of rotatable bonds is 7. The molecular weight excluding hydrogens is 688 g/mol. The molecule has 282 valence electrons. The fraction of sp³-hybridized carbons (Fsp3) is 0.550. The second-order valence-electron chi connectivity index (χ2n) is 15.8. The molecule has 0 spiro atoms. The highest BCUT2D eigenvalue weighted by Gasteiger charge is 2.86. The Kier molecular flexibility index (Phi) is 8.84. The Balaban J connectivity index is 1.47. The van der Waals surface area contributed by atoms with Gasteiger partial charge in [-0.05, 0) is 56.9 Å². The molecule has 2 aromatic rings. The van der Waals surface area contributed by atoms with Crippen molar-refractivity contribution < 1.29 is 62.3 Å². The summed E-state index contributed by atoms with van der Waals surface area (Å²) in [6.45, 7) is 8.33. The Morgan fingerprint density at radius 1 is 0.755 bits per heavy atom. The zero-order valence-electron chi connectivity index (χ0n) is 30.4. The molecule has 2 bridgehead atoms. The first-order chi connectivity index (χ1) is 25.0. The van der Waals surface area contributed by atoms with E-state index in [4.69, 9.17) is 28.4 Å². The summed E-state index contributed by atoms with van der Waals surface area (Å²) in [6, 6.07) is 16.3. The van der Waals surface area contributed by atoms with Crippen LogP contribution in [0.1, 0.15) is 75.1 Å². The van der Waals surface area contributed by atoms with Crippen LogP contribution in [-0.2, 0) is 47.6 Å². The van der Waals surface area contributed by atoms with Crippen molar-refractivity contribution in [3.05, 3.63) is 71.8 Å². The van der Waals surface area contributed by atoms with Gasteiger partial charge in [-0.3, -0.25) is 19.2 Å². The van der Waals surface area contributed by atoms with E-state index in [1.54, 1.807) is 81.4 Å². The van der Waals surface area contributed by atoms with E-state index in [9.17, 15) is 29.1 Å². The summed E-state index contributed by atoms with van der Waals surface area (Å²) < 4.78 is 37.2. The largest absolute Gasteiger partial charge is 0.462 e. The summed E-state index contributed by atoms with van der Waals surface area (Å²) in [6.07, 6.45) is -5.57. The molecule has 13 heteroatoms. The predicted molar refractivity (Wildman–Crippen MR) is 182 cm³/mol. The highest BCUT2D eigenvalue weighted by molar-refractivity contribution is 5.97. The number of ether oxygens (including phenoxy) is 6. The standard InChI is InChI=1S/C40H44O13/c1-20-17-40(47)28(29(20)49-21(2)41)33(50-22(3)42)39-19-48-38(6,36(40)52-35(46)25-15-11-8-12-16-25)31(39)27-26(18-37(27,5)53-23(4)43)30(32(39)44)51-34(45)24-13-9-7-10-14-24/h7-16,20,26-31,33,36,47H,17-19H2,1-6H3/t20-,26+,27-,28+,29-,30+,31-,33+,36-,37-,38+,39-,40+/m0/s1. The molecule has 13 atom stereocenters. The molecule has 0 amide bonds. The molecule has 1 heterocycles. The summed E-state index contributed by atoms with van der Waals surface area (Å²) in [5.74, 6) is -8.69. The third kappa shape index (κ3) is 5.48. The number of hydrogen-bond acceptors (Lipinski definition) is 13. The summed E-state index contributed by atoms with van der Waals surface area (Å²) in [7, 11) is 0. The first kappa shape index (κ1) is 36.7. The van der Waals surface area contributed by atoms with E-state index in [2.05, 4.69) is 0 Å². The van der Waals surface area contributed by atoms with Gasteiger partial charge >= 0.3 is 29.8 Å². The molecule has 0 radical (unpaired) electrons. The van der Waals surface area contributed by atoms with E-state index < -0.39 is 118 Å². The lowest BCUT2D eigenvalue weighted by molar-refractivity contribution is -0.255. The van der Waals surface area contributed by atoms with Crippen molar-refractivity contribution in [1.29, 1.82) is 0 Å². The van der Waals surface area contributed by atoms with E-state index in [1.807, 2.05) is 0 Å². The second-order valence-corrected chi connectivity index (χ2v) is 15.8. The van der Waals surface area contributed by atoms with Crippen LogP contribution in [0.5, 0.6) is 0 Å². The Labute approximate surface area is 306 Å². The number of aliphatic hydroxyl groups is 1. The molecule has 1 N–H and O–H groups in total. The van der Waals surface area contributed by atoms with Crippen LogP contribution >= 0.6 is 0 Å². The highest BCUT2D eigenvalue weighted by Crippen LogP contribution is 2.72. The van der Waals surface area contributed by atoms with Crippen molar-refractivity contribution >= 4 is 35.6 Å². The Bertz CT molecular complexity index is 1850. The molecule has 0 unspecified atom stereocenters. The topological polar surface area (TPSA) is 178 Å². The predicted octanol–water partition coefficient (Wildman–Crippen LogP) is 3.63. The lowest BCUT2D eigenvalue weighted by atomic mass is 9.42. The van der Waals surface area contributed by atoms with Gasteiger partial charge in [-0.25, -0.2) is 9.59 Å². The molecule has 1 aliphatic heterocycles. The minimum absolute atomic E-state index is 0.0994. The average Bonchev–Trinajstić information content (AvgIpc) is 3.52. The van der Waals surface area contributed by atoms with Crippen molar-refractivity contribution in [2.75, 3.05) is 6.61 Å². The lowest BCUT2D eigenvalue weighted by Crippen LogP contribution is -2.75. The van der Waals surface area contributed by atoms with Gasteiger partial charge < -0.3 is 33.5 Å². The minimum atomic E-state index is -2.10. The summed E-state index contributed by atoms with van der Waals surface area (Å²) in [5, 5.41) is 13.2. The van der Waals surface area contributed by atoms with Gasteiger partial charge in [0.2, 0.25) is 0 Å². The maximum absolute atomic E-state index is 15.5. The zero-order chi connectivity index (χ0) is 38.2. The monoisotopic (exact) mass is 732 g/mol. The van der Waals surface area contributed by atoms with E-state index >= 15 is 4.79 Å². The van der Waals surface area contributed by atoms with Crippen LogP contribution in [0.25, 0.3) is 0 Å². The minimum Gasteiger partial charge on any atom is -0.462 e. The summed E-state index contributed by atoms with van der Waals surface area (Å²) >= 11 is 0. The first-order valence-corrected chi connectivity index (χ1v) is 17.9. The zero-order valence-corrected chi connectivity index (χ0v) is 30.4. The maximum atomic E-state index is 15.5. The molecule has 13 nitrogen and oxygen atoms in total. The molecular formula is C40H44O13. The van der Waals surface area contributed by atoms with Crippen molar-refractivity contribution in [3.63, 3.8) is 0 Å². The van der Waals surface area contributed by atoms with Crippen molar-refractivity contribution in [3.8, 4) is 0 Å². The normalized spacial score (nSPS) is 40.6. The van der Waals surface area contributed by atoms with Gasteiger partial charge in [-0.15, -0.1) is 0 Å². The second kappa shape index (κ2) is 12.8. The van der Waals surface area contributed by atoms with Crippen LogP contribution in [0.2, 0.25) is 0 Å². The fourth-order valence-corrected chi connectivity index (χ4v) is 10.9. The third-order valence-corrected chi connectivity index (χ3v) is 12.5. The number of hydrogen-bond donors (Lipinski definition) is 1.